The maximum atomic E-state index is 12.5. The van der Waals surface area contributed by atoms with Crippen LogP contribution in [0.4, 0.5) is 39.5 Å². The van der Waals surface area contributed by atoms with Gasteiger partial charge in [0.05, 0.1) is 18.2 Å². The molecule has 358 valence electrons. The topological polar surface area (TPSA) is 105 Å². The molecule has 3 N–H and O–H groups in total. The van der Waals surface area contributed by atoms with Gasteiger partial charge in [-0.25, -0.2) is 4.79 Å². The standard InChI is InChI=1S/C23H39F6NO3.C21H40F3NO2/c1-3-4-5-6-7-8-9-10-11-12-13-14-15-16-17-19(33-21(32)23(27,28)29)18(2)30-20(31)22(24,25)26;1-3-4-5-6-7-8-9-10-11-12-13-14-15-16-17-19(26)18(2)25-20(27)21(22,23)24/h18-19H,3-17H2,1-2H3,(H,30,31);18-19,26H,3-17H2,1-2H3,(H,25,27)/t2*18-,19+/m00/s1. The van der Waals surface area contributed by atoms with Crippen LogP contribution in [0, 0.1) is 0 Å². The number of amides is 2. The molecule has 0 aliphatic rings. The van der Waals surface area contributed by atoms with E-state index in [0.29, 0.717) is 19.3 Å². The summed E-state index contributed by atoms with van der Waals surface area (Å²) in [7, 11) is 0. The van der Waals surface area contributed by atoms with E-state index in [1.807, 2.05) is 0 Å². The largest absolute Gasteiger partial charge is 0.490 e. The number of carbonyl (C=O) groups excluding carboxylic acids is 3. The zero-order valence-corrected chi connectivity index (χ0v) is 37.0. The van der Waals surface area contributed by atoms with Crippen molar-refractivity contribution < 1.29 is 63.7 Å². The van der Waals surface area contributed by atoms with Crippen LogP contribution >= 0.6 is 0 Å². The molecule has 4 atom stereocenters. The van der Waals surface area contributed by atoms with E-state index in [0.717, 1.165) is 51.9 Å². The van der Waals surface area contributed by atoms with Crippen LogP contribution in [0.2, 0.25) is 0 Å². The fourth-order valence-electron chi connectivity index (χ4n) is 6.72. The number of alkyl halides is 9. The van der Waals surface area contributed by atoms with Crippen molar-refractivity contribution in [1.82, 2.24) is 10.6 Å². The summed E-state index contributed by atoms with van der Waals surface area (Å²) >= 11 is 0. The van der Waals surface area contributed by atoms with Crippen molar-refractivity contribution in [2.75, 3.05) is 0 Å². The van der Waals surface area contributed by atoms with Gasteiger partial charge in [-0.2, -0.15) is 39.5 Å². The SMILES string of the molecule is CCCCCCCCCCCCCCCC[C@@H](O)[C@H](C)NC(=O)C(F)(F)F.CCCCCCCCCCCCCCCC[C@@H](OC(=O)C(F)(F)F)[C@H](C)NC(=O)C(F)(F)F. The van der Waals surface area contributed by atoms with Crippen LogP contribution < -0.4 is 10.6 Å². The zero-order chi connectivity index (χ0) is 45.9. The lowest BCUT2D eigenvalue weighted by molar-refractivity contribution is -0.206. The Bertz CT molecular complexity index is 1060. The van der Waals surface area contributed by atoms with E-state index >= 15 is 0 Å². The molecule has 0 spiro atoms. The molecule has 16 heteroatoms. The Morgan fingerprint density at radius 1 is 0.433 bits per heavy atom. The van der Waals surface area contributed by atoms with Crippen molar-refractivity contribution in [3.63, 3.8) is 0 Å². The number of rotatable bonds is 35. The van der Waals surface area contributed by atoms with Crippen molar-refractivity contribution >= 4 is 17.8 Å². The molecule has 0 saturated carbocycles. The highest BCUT2D eigenvalue weighted by Gasteiger charge is 2.44. The third-order valence-electron chi connectivity index (χ3n) is 10.6. The van der Waals surface area contributed by atoms with Gasteiger partial charge in [-0.05, 0) is 33.1 Å². The normalized spacial score (nSPS) is 14.1. The second kappa shape index (κ2) is 36.2. The van der Waals surface area contributed by atoms with Gasteiger partial charge in [0, 0.05) is 0 Å². The lowest BCUT2D eigenvalue weighted by atomic mass is 10.0. The maximum absolute atomic E-state index is 12.5. The first-order valence-electron chi connectivity index (χ1n) is 22.9. The molecule has 0 bridgehead atoms. The van der Waals surface area contributed by atoms with Gasteiger partial charge in [-0.3, -0.25) is 9.59 Å². The second-order valence-electron chi connectivity index (χ2n) is 16.3. The molecule has 0 aliphatic carbocycles. The summed E-state index contributed by atoms with van der Waals surface area (Å²) in [6.07, 6.45) is 14.9. The molecule has 0 aliphatic heterocycles. The van der Waals surface area contributed by atoms with Gasteiger partial charge in [0.2, 0.25) is 0 Å². The van der Waals surface area contributed by atoms with E-state index in [9.17, 15) is 59.0 Å². The molecule has 0 aromatic heterocycles. The molecule has 0 fully saturated rings. The van der Waals surface area contributed by atoms with Crippen LogP contribution in [-0.4, -0.2) is 65.7 Å². The number of hydrogen-bond acceptors (Lipinski definition) is 5. The van der Waals surface area contributed by atoms with Crippen molar-refractivity contribution in [1.29, 1.82) is 0 Å². The van der Waals surface area contributed by atoms with Gasteiger partial charge in [0.25, 0.3) is 0 Å². The predicted octanol–water partition coefficient (Wildman–Crippen LogP) is 13.7. The monoisotopic (exact) mass is 887 g/mol. The Morgan fingerprint density at radius 2 is 0.700 bits per heavy atom. The van der Waals surface area contributed by atoms with Crippen LogP contribution in [0.25, 0.3) is 0 Å². The smallest absolute Gasteiger partial charge is 0.454 e. The summed E-state index contributed by atoms with van der Waals surface area (Å²) in [5.41, 5.74) is 0. The predicted molar refractivity (Wildman–Crippen MR) is 219 cm³/mol. The molecule has 0 aromatic rings. The van der Waals surface area contributed by atoms with E-state index in [2.05, 4.69) is 18.6 Å². The van der Waals surface area contributed by atoms with Crippen molar-refractivity contribution in [2.24, 2.45) is 0 Å². The van der Waals surface area contributed by atoms with E-state index in [4.69, 9.17) is 0 Å². The molecule has 0 rings (SSSR count). The number of unbranched alkanes of at least 4 members (excludes halogenated alkanes) is 26. The average molecular weight is 887 g/mol. The number of nitrogens with one attached hydrogen (secondary N) is 2. The summed E-state index contributed by atoms with van der Waals surface area (Å²) < 4.78 is 116. The van der Waals surface area contributed by atoms with Crippen molar-refractivity contribution in [2.45, 2.75) is 263 Å². The Morgan fingerprint density at radius 3 is 0.983 bits per heavy atom. The Labute approximate surface area is 354 Å². The fraction of sp³-hybridized carbons (Fsp3) is 0.932. The lowest BCUT2D eigenvalue weighted by Crippen LogP contribution is -2.49. The van der Waals surface area contributed by atoms with Crippen LogP contribution in [0.1, 0.15) is 220 Å². The number of carbonyl (C=O) groups is 3. The zero-order valence-electron chi connectivity index (χ0n) is 37.0. The minimum atomic E-state index is -5.26. The number of esters is 1. The minimum absolute atomic E-state index is 0.0703. The Balaban J connectivity index is 0. The highest BCUT2D eigenvalue weighted by Crippen LogP contribution is 2.23. The number of aliphatic hydroxyl groups excluding tert-OH is 1. The lowest BCUT2D eigenvalue weighted by Gasteiger charge is -2.26. The maximum Gasteiger partial charge on any atom is 0.490 e. The van der Waals surface area contributed by atoms with Crippen molar-refractivity contribution in [3.05, 3.63) is 0 Å². The summed E-state index contributed by atoms with van der Waals surface area (Å²) in [6, 6.07) is -2.30. The number of halogens is 9. The van der Waals surface area contributed by atoms with Gasteiger partial charge >= 0.3 is 36.3 Å². The summed E-state index contributed by atoms with van der Waals surface area (Å²) in [4.78, 5) is 33.0. The van der Waals surface area contributed by atoms with Gasteiger partial charge in [-0.1, -0.05) is 187 Å². The molecule has 0 unspecified atom stereocenters. The molecule has 7 nitrogen and oxygen atoms in total. The summed E-state index contributed by atoms with van der Waals surface area (Å²) in [6.45, 7) is 6.92. The summed E-state index contributed by atoms with van der Waals surface area (Å²) in [5, 5.41) is 13.2. The number of hydrogen-bond donors (Lipinski definition) is 3. The quantitative estimate of drug-likeness (QED) is 0.0334. The highest BCUT2D eigenvalue weighted by atomic mass is 19.4. The molecular weight excluding hydrogens is 807 g/mol. The molecule has 0 saturated heterocycles. The van der Waals surface area contributed by atoms with E-state index in [1.165, 1.54) is 129 Å². The van der Waals surface area contributed by atoms with Crippen LogP contribution in [0.5, 0.6) is 0 Å². The van der Waals surface area contributed by atoms with Gasteiger partial charge in [-0.15, -0.1) is 0 Å². The van der Waals surface area contributed by atoms with Gasteiger partial charge in [0.15, 0.2) is 0 Å². The number of ether oxygens (including phenoxy) is 1. The van der Waals surface area contributed by atoms with Crippen LogP contribution in [0.3, 0.4) is 0 Å². The van der Waals surface area contributed by atoms with E-state index < -0.39 is 60.6 Å². The molecule has 0 heterocycles. The first kappa shape index (κ1) is 59.8. The molecule has 60 heavy (non-hydrogen) atoms. The summed E-state index contributed by atoms with van der Waals surface area (Å²) in [5.74, 6) is -6.76. The molecular formula is C44H79F9N2O5. The van der Waals surface area contributed by atoms with Gasteiger partial charge < -0.3 is 20.5 Å². The Kier molecular flexibility index (Phi) is 36.1. The fourth-order valence-corrected chi connectivity index (χ4v) is 6.72. The number of aliphatic hydroxyl groups is 1. The Hall–Kier alpha value is -2.26. The van der Waals surface area contributed by atoms with Gasteiger partial charge in [0.1, 0.15) is 6.10 Å². The van der Waals surface area contributed by atoms with Crippen LogP contribution in [-0.2, 0) is 19.1 Å². The minimum Gasteiger partial charge on any atom is -0.454 e. The van der Waals surface area contributed by atoms with E-state index in [-0.39, 0.29) is 6.42 Å². The third kappa shape index (κ3) is 36.4. The highest BCUT2D eigenvalue weighted by molar-refractivity contribution is 5.82. The molecule has 0 radical (unpaired) electrons. The average Bonchev–Trinajstić information content (AvgIpc) is 3.16. The van der Waals surface area contributed by atoms with Crippen molar-refractivity contribution in [3.8, 4) is 0 Å². The first-order valence-corrected chi connectivity index (χ1v) is 22.9. The van der Waals surface area contributed by atoms with E-state index in [1.54, 1.807) is 10.6 Å². The third-order valence-corrected chi connectivity index (χ3v) is 10.6. The first-order chi connectivity index (χ1) is 28.2. The second-order valence-corrected chi connectivity index (χ2v) is 16.3. The van der Waals surface area contributed by atoms with Crippen LogP contribution in [0.15, 0.2) is 0 Å². The molecule has 0 aromatic carbocycles. The molecule has 2 amide bonds.